The van der Waals surface area contributed by atoms with Gasteiger partial charge in [0.15, 0.2) is 0 Å². The third kappa shape index (κ3) is 5.81. The molecular weight excluding hydrogens is 474 g/mol. The van der Waals surface area contributed by atoms with E-state index in [4.69, 9.17) is 4.74 Å². The van der Waals surface area contributed by atoms with Crippen molar-refractivity contribution >= 4 is 43.5 Å². The fourth-order valence-electron chi connectivity index (χ4n) is 3.44. The summed E-state index contributed by atoms with van der Waals surface area (Å²) in [5, 5.41) is 3.36. The van der Waals surface area contributed by atoms with Crippen molar-refractivity contribution in [1.29, 1.82) is 0 Å². The van der Waals surface area contributed by atoms with Crippen molar-refractivity contribution in [2.24, 2.45) is 5.92 Å². The number of thiazole rings is 1. The summed E-state index contributed by atoms with van der Waals surface area (Å²) in [6, 6.07) is 12.6. The number of aromatic nitrogens is 1. The Bertz CT molecular complexity index is 1230. The monoisotopic (exact) mass is 503 g/mol. The number of hydrogen-bond acceptors (Lipinski definition) is 7. The summed E-state index contributed by atoms with van der Waals surface area (Å²) in [5.74, 6) is -1.36. The Morgan fingerprint density at radius 1 is 1.09 bits per heavy atom. The van der Waals surface area contributed by atoms with E-state index < -0.39 is 27.9 Å². The molecule has 34 heavy (non-hydrogen) atoms. The summed E-state index contributed by atoms with van der Waals surface area (Å²) >= 11 is 1.44. The SMILES string of the molecule is CCN(CC)S(=O)(=O)c1cccc(C(=O)N[C@@H](C(=O)OCc2nc3ccccc3s2)C(C)C)c1. The van der Waals surface area contributed by atoms with Crippen LogP contribution in [-0.2, 0) is 26.2 Å². The van der Waals surface area contributed by atoms with Gasteiger partial charge in [0.1, 0.15) is 17.7 Å². The van der Waals surface area contributed by atoms with Crippen LogP contribution < -0.4 is 5.32 Å². The molecule has 0 spiro atoms. The van der Waals surface area contributed by atoms with Crippen LogP contribution in [-0.4, -0.2) is 48.7 Å². The first-order valence-electron chi connectivity index (χ1n) is 11.1. The standard InChI is InChI=1S/C24H29N3O5S2/c1-5-27(6-2)34(30,31)18-11-9-10-17(14-18)23(28)26-22(16(3)4)24(29)32-15-21-25-19-12-7-8-13-20(19)33-21/h7-14,16,22H,5-6,15H2,1-4H3,(H,26,28)/t22-/m1/s1. The van der Waals surface area contributed by atoms with Gasteiger partial charge < -0.3 is 10.1 Å². The molecular formula is C24H29N3O5S2. The lowest BCUT2D eigenvalue weighted by Crippen LogP contribution is -2.45. The maximum Gasteiger partial charge on any atom is 0.329 e. The molecule has 1 heterocycles. The molecule has 3 rings (SSSR count). The molecule has 0 bridgehead atoms. The molecule has 0 radical (unpaired) electrons. The van der Waals surface area contributed by atoms with Crippen molar-refractivity contribution in [2.45, 2.75) is 45.2 Å². The normalized spacial score (nSPS) is 12.8. The third-order valence-electron chi connectivity index (χ3n) is 5.32. The number of sulfonamides is 1. The molecule has 182 valence electrons. The second kappa shape index (κ2) is 11.1. The second-order valence-electron chi connectivity index (χ2n) is 8.00. The molecule has 0 aliphatic carbocycles. The maximum absolute atomic E-state index is 12.9. The quantitative estimate of drug-likeness (QED) is 0.422. The lowest BCUT2D eigenvalue weighted by atomic mass is 10.0. The number of nitrogens with one attached hydrogen (secondary N) is 1. The first kappa shape index (κ1) is 25.8. The van der Waals surface area contributed by atoms with Crippen molar-refractivity contribution < 1.29 is 22.7 Å². The highest BCUT2D eigenvalue weighted by Crippen LogP contribution is 2.22. The molecule has 0 unspecified atom stereocenters. The van der Waals surface area contributed by atoms with E-state index in [0.29, 0.717) is 18.1 Å². The zero-order chi connectivity index (χ0) is 24.9. The van der Waals surface area contributed by atoms with Crippen LogP contribution in [0.4, 0.5) is 0 Å². The molecule has 3 aromatic rings. The minimum atomic E-state index is -3.71. The molecule has 0 aliphatic heterocycles. The van der Waals surface area contributed by atoms with E-state index in [-0.39, 0.29) is 23.0 Å². The van der Waals surface area contributed by atoms with Crippen molar-refractivity contribution in [3.05, 3.63) is 59.1 Å². The lowest BCUT2D eigenvalue weighted by Gasteiger charge is -2.21. The largest absolute Gasteiger partial charge is 0.457 e. The Morgan fingerprint density at radius 3 is 2.44 bits per heavy atom. The van der Waals surface area contributed by atoms with Crippen molar-refractivity contribution in [2.75, 3.05) is 13.1 Å². The van der Waals surface area contributed by atoms with Gasteiger partial charge in [0.05, 0.1) is 15.1 Å². The summed E-state index contributed by atoms with van der Waals surface area (Å²) in [7, 11) is -3.71. The highest BCUT2D eigenvalue weighted by Gasteiger charge is 2.28. The number of ether oxygens (including phenoxy) is 1. The third-order valence-corrected chi connectivity index (χ3v) is 8.38. The van der Waals surface area contributed by atoms with E-state index in [2.05, 4.69) is 10.3 Å². The van der Waals surface area contributed by atoms with E-state index in [1.807, 2.05) is 24.3 Å². The average Bonchev–Trinajstić information content (AvgIpc) is 3.24. The van der Waals surface area contributed by atoms with Crippen LogP contribution in [0, 0.1) is 5.92 Å². The Kier molecular flexibility index (Phi) is 8.40. The number of rotatable bonds is 10. The molecule has 1 amide bonds. The van der Waals surface area contributed by atoms with Gasteiger partial charge in [0.25, 0.3) is 5.91 Å². The van der Waals surface area contributed by atoms with E-state index in [0.717, 1.165) is 10.2 Å². The minimum Gasteiger partial charge on any atom is -0.457 e. The number of esters is 1. The molecule has 1 N–H and O–H groups in total. The Hall–Kier alpha value is -2.82. The van der Waals surface area contributed by atoms with E-state index >= 15 is 0 Å². The minimum absolute atomic E-state index is 0.00880. The van der Waals surface area contributed by atoms with E-state index in [9.17, 15) is 18.0 Å². The molecule has 0 fully saturated rings. The number of para-hydroxylation sites is 1. The number of nitrogens with zero attached hydrogens (tertiary/aromatic N) is 2. The van der Waals surface area contributed by atoms with Crippen LogP contribution in [0.25, 0.3) is 10.2 Å². The number of carbonyl (C=O) groups excluding carboxylic acids is 2. The number of carbonyl (C=O) groups is 2. The summed E-state index contributed by atoms with van der Waals surface area (Å²) in [6.45, 7) is 7.76. The first-order valence-corrected chi connectivity index (χ1v) is 13.3. The van der Waals surface area contributed by atoms with Gasteiger partial charge in [-0.3, -0.25) is 4.79 Å². The van der Waals surface area contributed by atoms with Gasteiger partial charge in [0, 0.05) is 18.7 Å². The summed E-state index contributed by atoms with van der Waals surface area (Å²) in [4.78, 5) is 30.2. The maximum atomic E-state index is 12.9. The zero-order valence-electron chi connectivity index (χ0n) is 19.6. The van der Waals surface area contributed by atoms with Gasteiger partial charge in [-0.2, -0.15) is 4.31 Å². The highest BCUT2D eigenvalue weighted by molar-refractivity contribution is 7.89. The number of amides is 1. The summed E-state index contributed by atoms with van der Waals surface area (Å²) in [6.07, 6.45) is 0. The zero-order valence-corrected chi connectivity index (χ0v) is 21.3. The van der Waals surface area contributed by atoms with E-state index in [1.54, 1.807) is 27.7 Å². The smallest absolute Gasteiger partial charge is 0.329 e. The van der Waals surface area contributed by atoms with Crippen LogP contribution in [0.15, 0.2) is 53.4 Å². The van der Waals surface area contributed by atoms with Gasteiger partial charge in [-0.05, 0) is 36.2 Å². The second-order valence-corrected chi connectivity index (χ2v) is 11.0. The van der Waals surface area contributed by atoms with Gasteiger partial charge in [-0.15, -0.1) is 11.3 Å². The fourth-order valence-corrected chi connectivity index (χ4v) is 5.82. The first-order chi connectivity index (χ1) is 16.2. The van der Waals surface area contributed by atoms with Crippen molar-refractivity contribution in [3.63, 3.8) is 0 Å². The molecule has 2 aromatic carbocycles. The predicted octanol–water partition coefficient (Wildman–Crippen LogP) is 3.82. The summed E-state index contributed by atoms with van der Waals surface area (Å²) < 4.78 is 33.4. The Labute approximate surface area is 204 Å². The van der Waals surface area contributed by atoms with Crippen molar-refractivity contribution in [1.82, 2.24) is 14.6 Å². The molecule has 0 saturated carbocycles. The Morgan fingerprint density at radius 2 is 1.79 bits per heavy atom. The topological polar surface area (TPSA) is 106 Å². The lowest BCUT2D eigenvalue weighted by molar-refractivity contribution is -0.148. The average molecular weight is 504 g/mol. The van der Waals surface area contributed by atoms with E-state index in [1.165, 1.54) is 39.9 Å². The summed E-state index contributed by atoms with van der Waals surface area (Å²) in [5.41, 5.74) is 0.990. The van der Waals surface area contributed by atoms with Crippen LogP contribution in [0.5, 0.6) is 0 Å². The molecule has 0 saturated heterocycles. The highest BCUT2D eigenvalue weighted by atomic mass is 32.2. The van der Waals surface area contributed by atoms with Gasteiger partial charge in [-0.1, -0.05) is 45.9 Å². The number of hydrogen-bond donors (Lipinski definition) is 1. The molecule has 10 heteroatoms. The Balaban J connectivity index is 1.71. The molecule has 0 aliphatic rings. The molecule has 8 nitrogen and oxygen atoms in total. The van der Waals surface area contributed by atoms with Crippen molar-refractivity contribution in [3.8, 4) is 0 Å². The van der Waals surface area contributed by atoms with Crippen LogP contribution in [0.3, 0.4) is 0 Å². The predicted molar refractivity (Wildman–Crippen MR) is 132 cm³/mol. The van der Waals surface area contributed by atoms with Crippen LogP contribution in [0.1, 0.15) is 43.1 Å². The van der Waals surface area contributed by atoms with Gasteiger partial charge >= 0.3 is 5.97 Å². The van der Waals surface area contributed by atoms with Crippen LogP contribution >= 0.6 is 11.3 Å². The number of benzene rings is 2. The van der Waals surface area contributed by atoms with Crippen LogP contribution in [0.2, 0.25) is 0 Å². The molecule has 1 atom stereocenters. The number of fused-ring (bicyclic) bond motifs is 1. The van der Waals surface area contributed by atoms with Gasteiger partial charge in [-0.25, -0.2) is 18.2 Å². The fraction of sp³-hybridized carbons (Fsp3) is 0.375. The van der Waals surface area contributed by atoms with Gasteiger partial charge in [0.2, 0.25) is 10.0 Å². The molecule has 1 aromatic heterocycles.